The van der Waals surface area contributed by atoms with Gasteiger partial charge in [-0.3, -0.25) is 4.79 Å². The summed E-state index contributed by atoms with van der Waals surface area (Å²) in [6, 6.07) is 2.00. The molecule has 3 aliphatic rings. The Bertz CT molecular complexity index is 1280. The van der Waals surface area contributed by atoms with Gasteiger partial charge in [0.15, 0.2) is 5.82 Å². The first-order chi connectivity index (χ1) is 17.6. The molecule has 2 aromatic rings. The van der Waals surface area contributed by atoms with Crippen molar-refractivity contribution in [3.8, 4) is 0 Å². The minimum atomic E-state index is -0.546. The van der Waals surface area contributed by atoms with E-state index in [4.69, 9.17) is 10.5 Å². The highest BCUT2D eigenvalue weighted by atomic mass is 32.1. The van der Waals surface area contributed by atoms with Crippen molar-refractivity contribution in [1.29, 1.82) is 0 Å². The van der Waals surface area contributed by atoms with E-state index in [0.717, 1.165) is 29.0 Å². The van der Waals surface area contributed by atoms with Crippen LogP contribution in [-0.2, 0) is 16.0 Å². The number of rotatable bonds is 3. The van der Waals surface area contributed by atoms with Crippen LogP contribution in [0.3, 0.4) is 0 Å². The van der Waals surface area contributed by atoms with Gasteiger partial charge in [-0.15, -0.1) is 11.3 Å². The van der Waals surface area contributed by atoms with Gasteiger partial charge in [-0.05, 0) is 69.4 Å². The summed E-state index contributed by atoms with van der Waals surface area (Å²) in [6.07, 6.45) is 11.1. The number of nitrogens with zero attached hydrogens (tertiary/aromatic N) is 5. The number of aromatic nitrogens is 2. The number of piperidine rings is 1. The van der Waals surface area contributed by atoms with E-state index in [1.807, 2.05) is 43.3 Å². The molecule has 2 aromatic heterocycles. The number of nitrogens with two attached hydrogens (primary N) is 1. The first-order valence-electron chi connectivity index (χ1n) is 12.5. The van der Waals surface area contributed by atoms with E-state index < -0.39 is 11.0 Å². The van der Waals surface area contributed by atoms with Gasteiger partial charge in [0.25, 0.3) is 0 Å². The molecule has 0 unspecified atom stereocenters. The van der Waals surface area contributed by atoms with E-state index in [2.05, 4.69) is 21.0 Å². The Hall–Kier alpha value is -3.53. The van der Waals surface area contributed by atoms with Crippen LogP contribution < -0.4 is 5.73 Å². The number of pyridine rings is 1. The first kappa shape index (κ1) is 25.1. The number of aliphatic imine (C=N–C) groups is 1. The normalized spacial score (nSPS) is 18.9. The summed E-state index contributed by atoms with van der Waals surface area (Å²) >= 11 is 1.62. The Labute approximate surface area is 220 Å². The lowest BCUT2D eigenvalue weighted by Gasteiger charge is -2.50. The SMILES string of the molecule is CC(C)(C)OC(=O)N1CC2(Cc3cc(/C=C/C(=O)N4CCC(=Cc5nccs5)CC4)cnc3N=C2N)C1. The van der Waals surface area contributed by atoms with E-state index >= 15 is 0 Å². The predicted molar refractivity (Wildman–Crippen MR) is 144 cm³/mol. The molecule has 0 atom stereocenters. The van der Waals surface area contributed by atoms with Gasteiger partial charge in [-0.1, -0.05) is 5.57 Å². The molecule has 2 amide bonds. The molecule has 1 spiro atoms. The highest BCUT2D eigenvalue weighted by molar-refractivity contribution is 7.10. The van der Waals surface area contributed by atoms with Crippen LogP contribution in [0.4, 0.5) is 10.6 Å². The number of carbonyl (C=O) groups is 2. The number of amides is 2. The lowest BCUT2D eigenvalue weighted by Crippen LogP contribution is -2.66. The molecular weight excluding hydrogens is 488 g/mol. The van der Waals surface area contributed by atoms with E-state index in [-0.39, 0.29) is 12.0 Å². The van der Waals surface area contributed by atoms with Gasteiger partial charge in [-0.2, -0.15) is 0 Å². The standard InChI is InChI=1S/C27H32N6O3S/c1-26(2,3)36-25(35)33-16-27(17-33)14-20-12-19(15-30-23(20)31-24(27)28)4-5-22(34)32-9-6-18(7-10-32)13-21-29-8-11-37-21/h4-5,8,11-13,15H,6-7,9-10,14,16-17H2,1-3H3,(H2,28,30,31)/b5-4+. The third kappa shape index (κ3) is 5.58. The van der Waals surface area contributed by atoms with Crippen LogP contribution in [-0.4, -0.2) is 69.4 Å². The summed E-state index contributed by atoms with van der Waals surface area (Å²) in [5.41, 5.74) is 8.49. The molecule has 0 radical (unpaired) electrons. The van der Waals surface area contributed by atoms with Crippen LogP contribution in [0.2, 0.25) is 0 Å². The van der Waals surface area contributed by atoms with Gasteiger partial charge < -0.3 is 20.3 Å². The fraction of sp³-hybridized carbons (Fsp3) is 0.444. The monoisotopic (exact) mass is 520 g/mol. The summed E-state index contributed by atoms with van der Waals surface area (Å²) in [7, 11) is 0. The maximum atomic E-state index is 12.8. The Morgan fingerprint density at radius 1 is 1.16 bits per heavy atom. The molecule has 5 heterocycles. The number of ether oxygens (including phenoxy) is 1. The summed E-state index contributed by atoms with van der Waals surface area (Å²) in [4.78, 5) is 42.0. The fourth-order valence-corrected chi connectivity index (χ4v) is 5.47. The van der Waals surface area contributed by atoms with Gasteiger partial charge in [-0.25, -0.2) is 19.8 Å². The van der Waals surface area contributed by atoms with Crippen LogP contribution in [0.5, 0.6) is 0 Å². The molecule has 0 aliphatic carbocycles. The van der Waals surface area contributed by atoms with E-state index in [9.17, 15) is 9.59 Å². The number of hydrogen-bond acceptors (Lipinski definition) is 8. The maximum absolute atomic E-state index is 12.8. The Kier molecular flexibility index (Phi) is 6.61. The van der Waals surface area contributed by atoms with E-state index in [0.29, 0.717) is 44.3 Å². The number of fused-ring (bicyclic) bond motifs is 1. The second-order valence-corrected chi connectivity index (χ2v) is 11.8. The molecule has 194 valence electrons. The average molecular weight is 521 g/mol. The maximum Gasteiger partial charge on any atom is 0.410 e. The Morgan fingerprint density at radius 2 is 1.92 bits per heavy atom. The molecule has 2 saturated heterocycles. The predicted octanol–water partition coefficient (Wildman–Crippen LogP) is 4.04. The molecule has 37 heavy (non-hydrogen) atoms. The minimum absolute atomic E-state index is 0.00301. The number of carbonyl (C=O) groups excluding carboxylic acids is 2. The van der Waals surface area contributed by atoms with Gasteiger partial charge >= 0.3 is 6.09 Å². The summed E-state index contributed by atoms with van der Waals surface area (Å²) in [5.74, 6) is 1.09. The molecule has 10 heteroatoms. The van der Waals surface area contributed by atoms with Crippen molar-refractivity contribution in [1.82, 2.24) is 19.8 Å². The fourth-order valence-electron chi connectivity index (χ4n) is 4.86. The second-order valence-electron chi connectivity index (χ2n) is 10.9. The van der Waals surface area contributed by atoms with Crippen molar-refractivity contribution in [2.75, 3.05) is 26.2 Å². The molecule has 0 saturated carbocycles. The lowest BCUT2D eigenvalue weighted by molar-refractivity contribution is -0.126. The second kappa shape index (κ2) is 9.74. The number of likely N-dealkylation sites (tertiary alicyclic amines) is 2. The van der Waals surface area contributed by atoms with Crippen molar-refractivity contribution in [2.45, 2.75) is 45.6 Å². The van der Waals surface area contributed by atoms with Crippen LogP contribution in [0.15, 0.2) is 40.5 Å². The zero-order valence-electron chi connectivity index (χ0n) is 21.4. The van der Waals surface area contributed by atoms with Crippen molar-refractivity contribution >= 4 is 47.1 Å². The molecule has 2 fully saturated rings. The Morgan fingerprint density at radius 3 is 2.59 bits per heavy atom. The van der Waals surface area contributed by atoms with Crippen molar-refractivity contribution in [2.24, 2.45) is 16.1 Å². The Balaban J connectivity index is 1.19. The molecule has 0 bridgehead atoms. The molecule has 0 aromatic carbocycles. The highest BCUT2D eigenvalue weighted by Gasteiger charge is 2.51. The van der Waals surface area contributed by atoms with Crippen molar-refractivity contribution in [3.63, 3.8) is 0 Å². The molecule has 2 N–H and O–H groups in total. The van der Waals surface area contributed by atoms with Crippen molar-refractivity contribution in [3.05, 3.63) is 51.6 Å². The topological polar surface area (TPSA) is 114 Å². The molecule has 5 rings (SSSR count). The lowest BCUT2D eigenvalue weighted by atomic mass is 9.72. The van der Waals surface area contributed by atoms with Gasteiger partial charge in [0, 0.05) is 50.0 Å². The van der Waals surface area contributed by atoms with Gasteiger partial charge in [0.2, 0.25) is 5.91 Å². The quantitative estimate of drug-likeness (QED) is 0.611. The molecule has 9 nitrogen and oxygen atoms in total. The third-order valence-corrected chi connectivity index (χ3v) is 7.54. The highest BCUT2D eigenvalue weighted by Crippen LogP contribution is 2.41. The van der Waals surface area contributed by atoms with Crippen LogP contribution in [0.25, 0.3) is 12.2 Å². The average Bonchev–Trinajstić information content (AvgIpc) is 3.33. The number of amidine groups is 1. The van der Waals surface area contributed by atoms with Crippen LogP contribution >= 0.6 is 11.3 Å². The first-order valence-corrected chi connectivity index (χ1v) is 13.4. The third-order valence-electron chi connectivity index (χ3n) is 6.82. The van der Waals surface area contributed by atoms with Gasteiger partial charge in [0.05, 0.1) is 5.41 Å². The van der Waals surface area contributed by atoms with E-state index in [1.165, 1.54) is 5.57 Å². The van der Waals surface area contributed by atoms with Gasteiger partial charge in [0.1, 0.15) is 16.4 Å². The van der Waals surface area contributed by atoms with Crippen molar-refractivity contribution < 1.29 is 14.3 Å². The summed E-state index contributed by atoms with van der Waals surface area (Å²) in [6.45, 7) is 7.88. The number of hydrogen-bond donors (Lipinski definition) is 1. The molecular formula is C27H32N6O3S. The van der Waals surface area contributed by atoms with E-state index in [1.54, 1.807) is 34.6 Å². The summed E-state index contributed by atoms with van der Waals surface area (Å²) in [5, 5.41) is 2.99. The molecule has 3 aliphatic heterocycles. The zero-order valence-corrected chi connectivity index (χ0v) is 22.3. The zero-order chi connectivity index (χ0) is 26.2. The minimum Gasteiger partial charge on any atom is -0.444 e. The number of thiazole rings is 1. The summed E-state index contributed by atoms with van der Waals surface area (Å²) < 4.78 is 5.48. The largest absolute Gasteiger partial charge is 0.444 e. The van der Waals surface area contributed by atoms with Crippen LogP contribution in [0, 0.1) is 5.41 Å². The van der Waals surface area contributed by atoms with Crippen LogP contribution in [0.1, 0.15) is 49.7 Å². The smallest absolute Gasteiger partial charge is 0.410 e.